The molecule has 0 spiro atoms. The zero-order valence-electron chi connectivity index (χ0n) is 11.6. The molecule has 0 radical (unpaired) electrons. The minimum Gasteiger partial charge on any atom is -0.321 e. The highest BCUT2D eigenvalue weighted by molar-refractivity contribution is 14.1. The van der Waals surface area contributed by atoms with Gasteiger partial charge in [-0.1, -0.05) is 47.5 Å². The van der Waals surface area contributed by atoms with E-state index < -0.39 is 0 Å². The van der Waals surface area contributed by atoms with E-state index in [0.717, 1.165) is 19.7 Å². The highest BCUT2D eigenvalue weighted by Gasteiger charge is 2.14. The van der Waals surface area contributed by atoms with E-state index in [0.29, 0.717) is 15.6 Å². The third-order valence-electron chi connectivity index (χ3n) is 3.27. The Kier molecular flexibility index (Phi) is 5.26. The maximum atomic E-state index is 12.4. The normalized spacial score (nSPS) is 10.6. The fourth-order valence-electron chi connectivity index (χ4n) is 2.15. The molecule has 0 fully saturated rings. The monoisotopic (exact) mass is 473 g/mol. The Morgan fingerprint density at radius 2 is 1.83 bits per heavy atom. The summed E-state index contributed by atoms with van der Waals surface area (Å²) in [5.41, 5.74) is 3.21. The van der Waals surface area contributed by atoms with E-state index in [1.54, 1.807) is 23.5 Å². The van der Waals surface area contributed by atoms with Crippen LogP contribution in [0.2, 0.25) is 10.0 Å². The molecule has 0 aliphatic rings. The van der Waals surface area contributed by atoms with Gasteiger partial charge in [-0.15, -0.1) is 11.3 Å². The Morgan fingerprint density at radius 3 is 2.52 bits per heavy atom. The predicted molar refractivity (Wildman–Crippen MR) is 107 cm³/mol. The van der Waals surface area contributed by atoms with Crippen molar-refractivity contribution in [2.45, 2.75) is 0 Å². The van der Waals surface area contributed by atoms with Gasteiger partial charge in [-0.25, -0.2) is 0 Å². The number of thiophene rings is 1. The minimum atomic E-state index is -0.122. The van der Waals surface area contributed by atoms with Gasteiger partial charge in [0.1, 0.15) is 0 Å². The number of nitrogens with one attached hydrogen (secondary N) is 1. The Hall–Kier alpha value is -1.08. The molecule has 23 heavy (non-hydrogen) atoms. The fourth-order valence-corrected chi connectivity index (χ4v) is 3.93. The molecule has 0 aliphatic heterocycles. The molecule has 1 N–H and O–H groups in total. The van der Waals surface area contributed by atoms with E-state index in [-0.39, 0.29) is 5.91 Å². The predicted octanol–water partition coefficient (Wildman–Crippen LogP) is 6.58. The number of halogens is 3. The average Bonchev–Trinajstić information content (AvgIpc) is 2.97. The van der Waals surface area contributed by atoms with Crippen LogP contribution in [0.15, 0.2) is 53.9 Å². The van der Waals surface area contributed by atoms with E-state index in [2.05, 4.69) is 27.9 Å². The molecule has 0 saturated carbocycles. The van der Waals surface area contributed by atoms with Crippen molar-refractivity contribution in [3.8, 4) is 11.1 Å². The molecule has 3 rings (SSSR count). The van der Waals surface area contributed by atoms with E-state index in [4.69, 9.17) is 23.2 Å². The molecule has 116 valence electrons. The van der Waals surface area contributed by atoms with Crippen molar-refractivity contribution in [3.05, 3.63) is 72.4 Å². The summed E-state index contributed by atoms with van der Waals surface area (Å²) in [6.07, 6.45) is 0. The lowest BCUT2D eigenvalue weighted by Gasteiger charge is -2.12. The van der Waals surface area contributed by atoms with Crippen LogP contribution < -0.4 is 5.32 Å². The zero-order chi connectivity index (χ0) is 16.4. The molecule has 1 aromatic heterocycles. The molecule has 0 atom stereocenters. The lowest BCUT2D eigenvalue weighted by atomic mass is 10.0. The molecule has 1 heterocycles. The molecular weight excluding hydrogens is 464 g/mol. The van der Waals surface area contributed by atoms with Crippen LogP contribution in [0.25, 0.3) is 11.1 Å². The third kappa shape index (κ3) is 3.71. The van der Waals surface area contributed by atoms with Gasteiger partial charge < -0.3 is 5.32 Å². The van der Waals surface area contributed by atoms with E-state index in [1.165, 1.54) is 0 Å². The fraction of sp³-hybridized carbons (Fsp3) is 0. The van der Waals surface area contributed by atoms with Gasteiger partial charge >= 0.3 is 0 Å². The van der Waals surface area contributed by atoms with Crippen LogP contribution >= 0.6 is 57.1 Å². The van der Waals surface area contributed by atoms with Crippen molar-refractivity contribution in [1.82, 2.24) is 0 Å². The average molecular weight is 474 g/mol. The van der Waals surface area contributed by atoms with Gasteiger partial charge in [0.05, 0.1) is 18.5 Å². The SMILES string of the molecule is O=C(Nc1ccccc1-c1ccc(Cl)c(Cl)c1)c1ccsc1I. The Labute approximate surface area is 161 Å². The molecule has 0 saturated heterocycles. The molecule has 2 aromatic carbocycles. The number of benzene rings is 2. The Bertz CT molecular complexity index is 879. The third-order valence-corrected chi connectivity index (χ3v) is 6.05. The lowest BCUT2D eigenvalue weighted by Crippen LogP contribution is -2.12. The Morgan fingerprint density at radius 1 is 1.04 bits per heavy atom. The molecular formula is C17H10Cl2INOS. The van der Waals surface area contributed by atoms with Gasteiger partial charge in [-0.3, -0.25) is 4.79 Å². The van der Waals surface area contributed by atoms with Gasteiger partial charge in [-0.05, 0) is 57.8 Å². The largest absolute Gasteiger partial charge is 0.321 e. The number of hydrogen-bond donors (Lipinski definition) is 1. The van der Waals surface area contributed by atoms with Crippen molar-refractivity contribution in [3.63, 3.8) is 0 Å². The van der Waals surface area contributed by atoms with Gasteiger partial charge in [0, 0.05) is 11.3 Å². The van der Waals surface area contributed by atoms with Crippen LogP contribution in [0.5, 0.6) is 0 Å². The van der Waals surface area contributed by atoms with Crippen LogP contribution in [0, 0.1) is 2.88 Å². The number of amides is 1. The summed E-state index contributed by atoms with van der Waals surface area (Å²) < 4.78 is 0.965. The highest BCUT2D eigenvalue weighted by atomic mass is 127. The number of para-hydroxylation sites is 1. The first-order chi connectivity index (χ1) is 11.1. The summed E-state index contributed by atoms with van der Waals surface area (Å²) in [4.78, 5) is 12.4. The first kappa shape index (κ1) is 16.8. The van der Waals surface area contributed by atoms with Crippen molar-refractivity contribution in [2.75, 3.05) is 5.32 Å². The molecule has 0 bridgehead atoms. The number of hydrogen-bond acceptors (Lipinski definition) is 2. The first-order valence-corrected chi connectivity index (χ1v) is 9.36. The van der Waals surface area contributed by atoms with E-state index in [1.807, 2.05) is 41.8 Å². The summed E-state index contributed by atoms with van der Waals surface area (Å²) in [6, 6.07) is 14.9. The molecule has 3 aromatic rings. The second-order valence-electron chi connectivity index (χ2n) is 4.74. The number of carbonyl (C=O) groups excluding carboxylic acids is 1. The van der Waals surface area contributed by atoms with Crippen LogP contribution in [0.1, 0.15) is 10.4 Å². The standard InChI is InChI=1S/C17H10Cl2INOS/c18-13-6-5-10(9-14(13)19)11-3-1-2-4-15(11)21-17(22)12-7-8-23-16(12)20/h1-9H,(H,21,22). The van der Waals surface area contributed by atoms with E-state index >= 15 is 0 Å². The number of anilines is 1. The van der Waals surface area contributed by atoms with Crippen LogP contribution in [-0.4, -0.2) is 5.91 Å². The molecule has 0 aliphatic carbocycles. The smallest absolute Gasteiger partial charge is 0.257 e. The number of rotatable bonds is 3. The molecule has 0 unspecified atom stereocenters. The second-order valence-corrected chi connectivity index (χ2v) is 8.28. The molecule has 2 nitrogen and oxygen atoms in total. The summed E-state index contributed by atoms with van der Waals surface area (Å²) in [6.45, 7) is 0. The molecule has 6 heteroatoms. The lowest BCUT2D eigenvalue weighted by molar-refractivity contribution is 0.102. The first-order valence-electron chi connectivity index (χ1n) is 6.65. The topological polar surface area (TPSA) is 29.1 Å². The van der Waals surface area contributed by atoms with Crippen molar-refractivity contribution >= 4 is 68.7 Å². The second kappa shape index (κ2) is 7.21. The van der Waals surface area contributed by atoms with Gasteiger partial charge in [-0.2, -0.15) is 0 Å². The molecule has 1 amide bonds. The zero-order valence-corrected chi connectivity index (χ0v) is 16.1. The highest BCUT2D eigenvalue weighted by Crippen LogP contribution is 2.33. The van der Waals surface area contributed by atoms with Gasteiger partial charge in [0.15, 0.2) is 0 Å². The summed E-state index contributed by atoms with van der Waals surface area (Å²) in [5.74, 6) is -0.122. The van der Waals surface area contributed by atoms with E-state index in [9.17, 15) is 4.79 Å². The Balaban J connectivity index is 1.96. The summed E-state index contributed by atoms with van der Waals surface area (Å²) in [5, 5.41) is 5.87. The van der Waals surface area contributed by atoms with Crippen LogP contribution in [-0.2, 0) is 0 Å². The summed E-state index contributed by atoms with van der Waals surface area (Å²) >= 11 is 15.8. The van der Waals surface area contributed by atoms with Gasteiger partial charge in [0.2, 0.25) is 0 Å². The maximum absolute atomic E-state index is 12.4. The van der Waals surface area contributed by atoms with Gasteiger partial charge in [0.25, 0.3) is 5.91 Å². The number of carbonyl (C=O) groups is 1. The van der Waals surface area contributed by atoms with Crippen LogP contribution in [0.3, 0.4) is 0 Å². The van der Waals surface area contributed by atoms with Crippen molar-refractivity contribution in [1.29, 1.82) is 0 Å². The maximum Gasteiger partial charge on any atom is 0.257 e. The minimum absolute atomic E-state index is 0.122. The van der Waals surface area contributed by atoms with Crippen molar-refractivity contribution in [2.24, 2.45) is 0 Å². The van der Waals surface area contributed by atoms with Crippen LogP contribution in [0.4, 0.5) is 5.69 Å². The van der Waals surface area contributed by atoms with Crippen molar-refractivity contribution < 1.29 is 4.79 Å². The summed E-state index contributed by atoms with van der Waals surface area (Å²) in [7, 11) is 0. The quantitative estimate of drug-likeness (QED) is 0.427.